The van der Waals surface area contributed by atoms with Gasteiger partial charge in [-0.15, -0.1) is 6.58 Å². The average molecular weight is 370 g/mol. The number of rotatable bonds is 5. The molecule has 0 fully saturated rings. The van der Waals surface area contributed by atoms with Gasteiger partial charge < -0.3 is 9.72 Å². The van der Waals surface area contributed by atoms with Crippen LogP contribution in [0.15, 0.2) is 70.5 Å². The van der Waals surface area contributed by atoms with Crippen molar-refractivity contribution in [3.63, 3.8) is 0 Å². The molecule has 3 aromatic rings. The van der Waals surface area contributed by atoms with Crippen LogP contribution in [0.1, 0.15) is 11.1 Å². The van der Waals surface area contributed by atoms with Gasteiger partial charge in [-0.1, -0.05) is 52.3 Å². The smallest absolute Gasteiger partial charge is 0.255 e. The molecular formula is C19H16BrNO2. The SMILES string of the molecule is C=CCc1c(OCc2ccccc2)c2cc(Br)ccc2[nH]c1=O. The monoisotopic (exact) mass is 369 g/mol. The van der Waals surface area contributed by atoms with Crippen LogP contribution in [-0.4, -0.2) is 4.98 Å². The fourth-order valence-electron chi connectivity index (χ4n) is 2.50. The van der Waals surface area contributed by atoms with Crippen molar-refractivity contribution in [2.24, 2.45) is 0 Å². The minimum absolute atomic E-state index is 0.136. The summed E-state index contributed by atoms with van der Waals surface area (Å²) in [5.74, 6) is 0.619. The first-order valence-corrected chi connectivity index (χ1v) is 8.10. The molecular weight excluding hydrogens is 354 g/mol. The number of benzene rings is 2. The third-order valence-electron chi connectivity index (χ3n) is 3.60. The molecule has 1 N–H and O–H groups in total. The van der Waals surface area contributed by atoms with Crippen molar-refractivity contribution < 1.29 is 4.74 Å². The Morgan fingerprint density at radius 2 is 1.96 bits per heavy atom. The van der Waals surface area contributed by atoms with Gasteiger partial charge in [0.05, 0.1) is 11.1 Å². The van der Waals surface area contributed by atoms with E-state index in [1.54, 1.807) is 6.08 Å². The van der Waals surface area contributed by atoms with E-state index in [2.05, 4.69) is 27.5 Å². The van der Waals surface area contributed by atoms with E-state index in [1.807, 2.05) is 48.5 Å². The van der Waals surface area contributed by atoms with E-state index in [9.17, 15) is 4.79 Å². The molecule has 0 aliphatic rings. The Kier molecular flexibility index (Phi) is 4.63. The molecule has 0 aliphatic carbocycles. The van der Waals surface area contributed by atoms with Crippen molar-refractivity contribution in [2.45, 2.75) is 13.0 Å². The highest BCUT2D eigenvalue weighted by Gasteiger charge is 2.13. The van der Waals surface area contributed by atoms with Crippen molar-refractivity contribution in [3.8, 4) is 5.75 Å². The third-order valence-corrected chi connectivity index (χ3v) is 4.09. The molecule has 0 saturated carbocycles. The van der Waals surface area contributed by atoms with Gasteiger partial charge in [-0.05, 0) is 30.2 Å². The first-order valence-electron chi connectivity index (χ1n) is 7.31. The molecule has 23 heavy (non-hydrogen) atoms. The number of allylic oxidation sites excluding steroid dienone is 1. The van der Waals surface area contributed by atoms with Gasteiger partial charge in [-0.25, -0.2) is 0 Å². The lowest BCUT2D eigenvalue weighted by Gasteiger charge is -2.13. The lowest BCUT2D eigenvalue weighted by Crippen LogP contribution is -2.15. The van der Waals surface area contributed by atoms with Crippen LogP contribution in [0, 0.1) is 0 Å². The van der Waals surface area contributed by atoms with Gasteiger partial charge in [0.2, 0.25) is 0 Å². The zero-order valence-corrected chi connectivity index (χ0v) is 14.1. The Morgan fingerprint density at radius 1 is 1.17 bits per heavy atom. The molecule has 4 heteroatoms. The molecule has 1 heterocycles. The Labute approximate surface area is 142 Å². The molecule has 2 aromatic carbocycles. The highest BCUT2D eigenvalue weighted by Crippen LogP contribution is 2.30. The first-order chi connectivity index (χ1) is 11.2. The summed E-state index contributed by atoms with van der Waals surface area (Å²) in [7, 11) is 0. The molecule has 0 atom stereocenters. The van der Waals surface area contributed by atoms with Gasteiger partial charge >= 0.3 is 0 Å². The van der Waals surface area contributed by atoms with Crippen molar-refractivity contribution in [1.82, 2.24) is 4.98 Å². The summed E-state index contributed by atoms with van der Waals surface area (Å²) in [5, 5.41) is 0.881. The standard InChI is InChI=1S/C19H16BrNO2/c1-2-6-15-18(23-12-13-7-4-3-5-8-13)16-11-14(20)9-10-17(16)21-19(15)22/h2-5,7-11H,1,6,12H2,(H,21,22). The van der Waals surface area contributed by atoms with Crippen LogP contribution < -0.4 is 10.3 Å². The number of H-pyrrole nitrogens is 1. The van der Waals surface area contributed by atoms with Crippen LogP contribution in [0.3, 0.4) is 0 Å². The maximum absolute atomic E-state index is 12.3. The summed E-state index contributed by atoms with van der Waals surface area (Å²) in [5.41, 5.74) is 2.28. The maximum atomic E-state index is 12.3. The largest absolute Gasteiger partial charge is 0.488 e. The van der Waals surface area contributed by atoms with Gasteiger partial charge in [-0.2, -0.15) is 0 Å². The first kappa shape index (κ1) is 15.6. The predicted octanol–water partition coefficient (Wildman–Crippen LogP) is 4.60. The van der Waals surface area contributed by atoms with E-state index in [4.69, 9.17) is 4.74 Å². The summed E-state index contributed by atoms with van der Waals surface area (Å²) in [6.45, 7) is 4.15. The number of fused-ring (bicyclic) bond motifs is 1. The van der Waals surface area contributed by atoms with Crippen LogP contribution in [0.2, 0.25) is 0 Å². The Bertz CT molecular complexity index is 900. The highest BCUT2D eigenvalue weighted by atomic mass is 79.9. The van der Waals surface area contributed by atoms with Gasteiger partial charge in [0.25, 0.3) is 5.56 Å². The average Bonchev–Trinajstić information content (AvgIpc) is 2.56. The summed E-state index contributed by atoms with van der Waals surface area (Å²) >= 11 is 3.48. The van der Waals surface area contributed by atoms with Crippen LogP contribution >= 0.6 is 15.9 Å². The van der Waals surface area contributed by atoms with Gasteiger partial charge in [-0.3, -0.25) is 4.79 Å². The normalized spacial score (nSPS) is 10.7. The molecule has 1 aromatic heterocycles. The van der Waals surface area contributed by atoms with E-state index < -0.39 is 0 Å². The molecule has 0 radical (unpaired) electrons. The van der Waals surface area contributed by atoms with Crippen molar-refractivity contribution in [2.75, 3.05) is 0 Å². The van der Waals surface area contributed by atoms with Gasteiger partial charge in [0.1, 0.15) is 12.4 Å². The molecule has 0 amide bonds. The summed E-state index contributed by atoms with van der Waals surface area (Å²) < 4.78 is 6.97. The Hall–Kier alpha value is -2.33. The van der Waals surface area contributed by atoms with Crippen molar-refractivity contribution >= 4 is 26.8 Å². The number of pyridine rings is 1. The minimum atomic E-state index is -0.136. The quantitative estimate of drug-likeness (QED) is 0.667. The third kappa shape index (κ3) is 3.37. The number of ether oxygens (including phenoxy) is 1. The number of aromatic amines is 1. The zero-order chi connectivity index (χ0) is 16.2. The second kappa shape index (κ2) is 6.84. The molecule has 0 spiro atoms. The molecule has 0 saturated heterocycles. The van der Waals surface area contributed by atoms with Crippen LogP contribution in [0.25, 0.3) is 10.9 Å². The highest BCUT2D eigenvalue weighted by molar-refractivity contribution is 9.10. The summed E-state index contributed by atoms with van der Waals surface area (Å²) in [6, 6.07) is 15.6. The Balaban J connectivity index is 2.10. The van der Waals surface area contributed by atoms with Crippen molar-refractivity contribution in [3.05, 3.63) is 87.1 Å². The van der Waals surface area contributed by atoms with Crippen LogP contribution in [0.5, 0.6) is 5.75 Å². The number of aromatic nitrogens is 1. The topological polar surface area (TPSA) is 42.1 Å². The van der Waals surface area contributed by atoms with Crippen molar-refractivity contribution in [1.29, 1.82) is 0 Å². The fraction of sp³-hybridized carbons (Fsp3) is 0.105. The number of hydrogen-bond acceptors (Lipinski definition) is 2. The minimum Gasteiger partial charge on any atom is -0.488 e. The maximum Gasteiger partial charge on any atom is 0.255 e. The van der Waals surface area contributed by atoms with E-state index in [0.29, 0.717) is 24.3 Å². The predicted molar refractivity (Wildman–Crippen MR) is 96.9 cm³/mol. The zero-order valence-electron chi connectivity index (χ0n) is 12.5. The lowest BCUT2D eigenvalue weighted by atomic mass is 10.1. The molecule has 0 aliphatic heterocycles. The second-order valence-electron chi connectivity index (χ2n) is 5.22. The van der Waals surface area contributed by atoms with E-state index >= 15 is 0 Å². The Morgan fingerprint density at radius 3 is 2.70 bits per heavy atom. The van der Waals surface area contributed by atoms with Crippen LogP contribution in [-0.2, 0) is 13.0 Å². The number of nitrogens with one attached hydrogen (secondary N) is 1. The molecule has 3 nitrogen and oxygen atoms in total. The summed E-state index contributed by atoms with van der Waals surface area (Å²) in [4.78, 5) is 15.2. The summed E-state index contributed by atoms with van der Waals surface area (Å²) in [6.07, 6.45) is 2.17. The molecule has 3 rings (SSSR count). The molecule has 116 valence electrons. The molecule has 0 bridgehead atoms. The number of halogens is 1. The second-order valence-corrected chi connectivity index (χ2v) is 6.13. The van der Waals surface area contributed by atoms with Crippen LogP contribution in [0.4, 0.5) is 0 Å². The van der Waals surface area contributed by atoms with E-state index in [0.717, 1.165) is 20.9 Å². The lowest BCUT2D eigenvalue weighted by molar-refractivity contribution is 0.306. The number of hydrogen-bond donors (Lipinski definition) is 1. The van der Waals surface area contributed by atoms with Gasteiger partial charge in [0.15, 0.2) is 0 Å². The van der Waals surface area contributed by atoms with Gasteiger partial charge in [0, 0.05) is 9.86 Å². The fourth-order valence-corrected chi connectivity index (χ4v) is 2.86. The van der Waals surface area contributed by atoms with E-state index in [-0.39, 0.29) is 5.56 Å². The molecule has 0 unspecified atom stereocenters. The van der Waals surface area contributed by atoms with E-state index in [1.165, 1.54) is 0 Å².